The van der Waals surface area contributed by atoms with Crippen LogP contribution in [0, 0.1) is 0 Å². The summed E-state index contributed by atoms with van der Waals surface area (Å²) < 4.78 is 10.5. The smallest absolute Gasteiger partial charge is 0.341 e. The Labute approximate surface area is 103 Å². The Morgan fingerprint density at radius 2 is 2.18 bits per heavy atom. The van der Waals surface area contributed by atoms with Crippen LogP contribution in [0.25, 0.3) is 11.0 Å². The second-order valence-corrected chi connectivity index (χ2v) is 4.72. The van der Waals surface area contributed by atoms with Crippen LogP contribution >= 0.6 is 11.6 Å². The number of hydrogen-bond donors (Lipinski definition) is 0. The minimum atomic E-state index is -0.422. The summed E-state index contributed by atoms with van der Waals surface area (Å²) in [5.74, 6) is 1.02. The highest BCUT2D eigenvalue weighted by Gasteiger charge is 2.28. The first-order valence-electron chi connectivity index (χ1n) is 5.50. The second kappa shape index (κ2) is 3.77. The average molecular weight is 251 g/mol. The van der Waals surface area contributed by atoms with Crippen molar-refractivity contribution in [3.63, 3.8) is 0 Å². The SMILES string of the molecule is COC(=O)c1cc(Cl)cc2cc(C3CC3)oc12. The summed E-state index contributed by atoms with van der Waals surface area (Å²) in [6.07, 6.45) is 2.31. The zero-order valence-electron chi connectivity index (χ0n) is 9.33. The molecule has 2 aromatic rings. The molecule has 17 heavy (non-hydrogen) atoms. The number of ether oxygens (including phenoxy) is 1. The van der Waals surface area contributed by atoms with Crippen LogP contribution in [0.4, 0.5) is 0 Å². The maximum Gasteiger partial charge on any atom is 0.341 e. The highest BCUT2D eigenvalue weighted by atomic mass is 35.5. The molecule has 0 amide bonds. The molecular formula is C13H11ClO3. The molecule has 0 saturated heterocycles. The van der Waals surface area contributed by atoms with Gasteiger partial charge in [0, 0.05) is 16.3 Å². The number of benzene rings is 1. The minimum Gasteiger partial charge on any atom is -0.465 e. The number of methoxy groups -OCH3 is 1. The topological polar surface area (TPSA) is 39.4 Å². The summed E-state index contributed by atoms with van der Waals surface area (Å²) in [4.78, 5) is 11.6. The summed E-state index contributed by atoms with van der Waals surface area (Å²) in [6, 6.07) is 5.35. The Bertz CT molecular complexity index is 596. The van der Waals surface area contributed by atoms with E-state index in [-0.39, 0.29) is 0 Å². The fourth-order valence-electron chi connectivity index (χ4n) is 1.97. The number of esters is 1. The Morgan fingerprint density at radius 3 is 2.82 bits per heavy atom. The van der Waals surface area contributed by atoms with Gasteiger partial charge in [-0.05, 0) is 31.0 Å². The monoisotopic (exact) mass is 250 g/mol. The molecule has 1 aromatic carbocycles. The van der Waals surface area contributed by atoms with Gasteiger partial charge in [-0.3, -0.25) is 0 Å². The van der Waals surface area contributed by atoms with E-state index in [4.69, 9.17) is 20.8 Å². The lowest BCUT2D eigenvalue weighted by Crippen LogP contribution is -2.01. The molecule has 1 aliphatic carbocycles. The third-order valence-electron chi connectivity index (χ3n) is 2.99. The van der Waals surface area contributed by atoms with Crippen LogP contribution in [0.1, 0.15) is 34.9 Å². The van der Waals surface area contributed by atoms with Crippen LogP contribution in [-0.2, 0) is 4.74 Å². The number of carbonyl (C=O) groups excluding carboxylic acids is 1. The van der Waals surface area contributed by atoms with Crippen molar-refractivity contribution in [3.05, 3.63) is 34.5 Å². The van der Waals surface area contributed by atoms with Crippen LogP contribution in [0.3, 0.4) is 0 Å². The molecule has 1 heterocycles. The van der Waals surface area contributed by atoms with Gasteiger partial charge in [0.25, 0.3) is 0 Å². The third-order valence-corrected chi connectivity index (χ3v) is 3.20. The maximum absolute atomic E-state index is 11.6. The number of fused-ring (bicyclic) bond motifs is 1. The lowest BCUT2D eigenvalue weighted by Gasteiger charge is -2.00. The van der Waals surface area contributed by atoms with E-state index in [0.29, 0.717) is 22.1 Å². The molecule has 1 saturated carbocycles. The first kappa shape index (κ1) is 10.7. The zero-order chi connectivity index (χ0) is 12.0. The van der Waals surface area contributed by atoms with Crippen LogP contribution in [0.2, 0.25) is 5.02 Å². The summed E-state index contributed by atoms with van der Waals surface area (Å²) in [7, 11) is 1.35. The molecule has 1 fully saturated rings. The molecule has 4 heteroatoms. The van der Waals surface area contributed by atoms with E-state index in [1.165, 1.54) is 7.11 Å². The number of rotatable bonds is 2. The maximum atomic E-state index is 11.6. The first-order chi connectivity index (χ1) is 8.19. The van der Waals surface area contributed by atoms with Gasteiger partial charge in [-0.2, -0.15) is 0 Å². The molecule has 3 rings (SSSR count). The standard InChI is InChI=1S/C13H11ClO3/c1-16-13(15)10-6-9(14)4-8-5-11(7-2-3-7)17-12(8)10/h4-7H,2-3H2,1H3. The van der Waals surface area contributed by atoms with Crippen molar-refractivity contribution in [3.8, 4) is 0 Å². The van der Waals surface area contributed by atoms with Crippen LogP contribution in [0.15, 0.2) is 22.6 Å². The molecule has 0 unspecified atom stereocenters. The zero-order valence-corrected chi connectivity index (χ0v) is 10.1. The highest BCUT2D eigenvalue weighted by molar-refractivity contribution is 6.32. The van der Waals surface area contributed by atoms with Crippen LogP contribution in [-0.4, -0.2) is 13.1 Å². The van der Waals surface area contributed by atoms with Crippen molar-refractivity contribution < 1.29 is 13.9 Å². The van der Waals surface area contributed by atoms with Crippen molar-refractivity contribution in [2.24, 2.45) is 0 Å². The molecular weight excluding hydrogens is 240 g/mol. The fraction of sp³-hybridized carbons (Fsp3) is 0.308. The first-order valence-corrected chi connectivity index (χ1v) is 5.88. The Balaban J connectivity index is 2.21. The van der Waals surface area contributed by atoms with Crippen molar-refractivity contribution in [1.29, 1.82) is 0 Å². The van der Waals surface area contributed by atoms with Crippen molar-refractivity contribution in [2.45, 2.75) is 18.8 Å². The lowest BCUT2D eigenvalue weighted by atomic mass is 10.1. The van der Waals surface area contributed by atoms with Crippen LogP contribution < -0.4 is 0 Å². The van der Waals surface area contributed by atoms with Gasteiger partial charge in [-0.15, -0.1) is 0 Å². The van der Waals surface area contributed by atoms with Crippen molar-refractivity contribution >= 4 is 28.5 Å². The molecule has 0 aliphatic heterocycles. The number of halogens is 1. The van der Waals surface area contributed by atoms with Gasteiger partial charge in [0.2, 0.25) is 0 Å². The highest BCUT2D eigenvalue weighted by Crippen LogP contribution is 2.43. The molecule has 0 atom stereocenters. The largest absolute Gasteiger partial charge is 0.465 e. The van der Waals surface area contributed by atoms with E-state index in [2.05, 4.69) is 0 Å². The second-order valence-electron chi connectivity index (χ2n) is 4.29. The summed E-state index contributed by atoms with van der Waals surface area (Å²) in [6.45, 7) is 0. The van der Waals surface area contributed by atoms with Gasteiger partial charge >= 0.3 is 5.97 Å². The quantitative estimate of drug-likeness (QED) is 0.762. The van der Waals surface area contributed by atoms with Crippen molar-refractivity contribution in [2.75, 3.05) is 7.11 Å². The molecule has 1 aromatic heterocycles. The van der Waals surface area contributed by atoms with E-state index in [1.807, 2.05) is 6.07 Å². The fourth-order valence-corrected chi connectivity index (χ4v) is 2.19. The van der Waals surface area contributed by atoms with Gasteiger partial charge in [0.1, 0.15) is 16.9 Å². The van der Waals surface area contributed by atoms with Gasteiger partial charge < -0.3 is 9.15 Å². The Hall–Kier alpha value is -1.48. The molecule has 1 aliphatic rings. The summed E-state index contributed by atoms with van der Waals surface area (Å²) in [5, 5.41) is 1.38. The molecule has 0 spiro atoms. The van der Waals surface area contributed by atoms with E-state index >= 15 is 0 Å². The number of hydrogen-bond acceptors (Lipinski definition) is 3. The van der Waals surface area contributed by atoms with Crippen molar-refractivity contribution in [1.82, 2.24) is 0 Å². The predicted molar refractivity (Wildman–Crippen MR) is 64.5 cm³/mol. The van der Waals surface area contributed by atoms with Gasteiger partial charge in [0.15, 0.2) is 0 Å². The number of furan rings is 1. The molecule has 3 nitrogen and oxygen atoms in total. The van der Waals surface area contributed by atoms with E-state index < -0.39 is 5.97 Å². The summed E-state index contributed by atoms with van der Waals surface area (Å²) in [5.41, 5.74) is 0.963. The van der Waals surface area contributed by atoms with E-state index in [9.17, 15) is 4.79 Å². The third kappa shape index (κ3) is 1.80. The predicted octanol–water partition coefficient (Wildman–Crippen LogP) is 3.75. The summed E-state index contributed by atoms with van der Waals surface area (Å²) >= 11 is 5.98. The van der Waals surface area contributed by atoms with Gasteiger partial charge in [-0.1, -0.05) is 11.6 Å². The molecule has 0 radical (unpaired) electrons. The Kier molecular flexibility index (Phi) is 2.37. The molecule has 0 bridgehead atoms. The average Bonchev–Trinajstić information content (AvgIpc) is 3.08. The number of carbonyl (C=O) groups is 1. The van der Waals surface area contributed by atoms with E-state index in [1.54, 1.807) is 12.1 Å². The normalized spacial score (nSPS) is 15.2. The van der Waals surface area contributed by atoms with Crippen LogP contribution in [0.5, 0.6) is 0 Å². The molecule has 0 N–H and O–H groups in total. The lowest BCUT2D eigenvalue weighted by molar-refractivity contribution is 0.0601. The van der Waals surface area contributed by atoms with Gasteiger partial charge in [0.05, 0.1) is 7.11 Å². The van der Waals surface area contributed by atoms with E-state index in [0.717, 1.165) is 24.0 Å². The Morgan fingerprint density at radius 1 is 1.41 bits per heavy atom. The van der Waals surface area contributed by atoms with Gasteiger partial charge in [-0.25, -0.2) is 4.79 Å². The minimum absolute atomic E-state index is 0.391. The molecule has 88 valence electrons.